The van der Waals surface area contributed by atoms with E-state index in [4.69, 9.17) is 4.99 Å². The maximum Gasteiger partial charge on any atom is 0.126 e. The summed E-state index contributed by atoms with van der Waals surface area (Å²) in [5.74, 6) is -0.0390. The molecule has 0 amide bonds. The molecular weight excluding hydrogens is 254 g/mol. The molecule has 3 unspecified atom stereocenters. The number of allylic oxidation sites excluding steroid dienone is 1. The van der Waals surface area contributed by atoms with E-state index >= 15 is 0 Å². The van der Waals surface area contributed by atoms with Crippen molar-refractivity contribution in [2.24, 2.45) is 16.3 Å². The number of thioether (sulfide) groups is 1. The minimum atomic E-state index is -0.288. The van der Waals surface area contributed by atoms with E-state index in [1.807, 2.05) is 18.7 Å². The van der Waals surface area contributed by atoms with Gasteiger partial charge in [0.05, 0.1) is 5.25 Å². The van der Waals surface area contributed by atoms with Crippen molar-refractivity contribution in [3.8, 4) is 0 Å². The second kappa shape index (κ2) is 5.43. The van der Waals surface area contributed by atoms with Crippen LogP contribution in [0.15, 0.2) is 17.6 Å². The summed E-state index contributed by atoms with van der Waals surface area (Å²) in [6, 6.07) is 0. The topological polar surface area (TPSA) is 29.4 Å². The smallest absolute Gasteiger partial charge is 0.126 e. The third kappa shape index (κ3) is 2.54. The summed E-state index contributed by atoms with van der Waals surface area (Å²) < 4.78 is 0. The third-order valence-corrected chi connectivity index (χ3v) is 6.88. The van der Waals surface area contributed by atoms with Crippen LogP contribution in [0, 0.1) is 11.3 Å². The van der Waals surface area contributed by atoms with Crippen LogP contribution in [0.2, 0.25) is 0 Å². The molecule has 1 aliphatic carbocycles. The zero-order valence-corrected chi connectivity index (χ0v) is 13.1. The van der Waals surface area contributed by atoms with Crippen LogP contribution in [0.3, 0.4) is 0 Å². The minimum absolute atomic E-state index is 0.0390. The van der Waals surface area contributed by atoms with Gasteiger partial charge in [0.25, 0.3) is 0 Å². The number of carbonyl (C=O) groups excluding carboxylic acids is 1. The average molecular weight is 279 g/mol. The first-order valence-corrected chi connectivity index (χ1v) is 8.18. The fourth-order valence-electron chi connectivity index (χ4n) is 3.41. The maximum atomic E-state index is 11.1. The highest BCUT2D eigenvalue weighted by molar-refractivity contribution is 8.02. The first-order valence-electron chi connectivity index (χ1n) is 7.30. The van der Waals surface area contributed by atoms with Crippen LogP contribution in [-0.2, 0) is 4.79 Å². The Bertz CT molecular complexity index is 398. The van der Waals surface area contributed by atoms with Crippen LogP contribution in [0.25, 0.3) is 0 Å². The Hall–Kier alpha value is -0.570. The molecule has 0 spiro atoms. The maximum absolute atomic E-state index is 11.1. The summed E-state index contributed by atoms with van der Waals surface area (Å²) in [6.45, 7) is 10.3. The Morgan fingerprint density at radius 3 is 2.58 bits per heavy atom. The number of carbonyl (C=O) groups is 1. The summed E-state index contributed by atoms with van der Waals surface area (Å²) in [7, 11) is 0. The molecule has 0 saturated heterocycles. The van der Waals surface area contributed by atoms with Crippen LogP contribution in [0.4, 0.5) is 0 Å². The monoisotopic (exact) mass is 279 g/mol. The van der Waals surface area contributed by atoms with Gasteiger partial charge in [0.1, 0.15) is 11.2 Å². The SMILES string of the molecule is C=CC1(C2SC(C)(C(C)C=O)N=C2C)CCCCC1. The largest absolute Gasteiger partial charge is 0.303 e. The van der Waals surface area contributed by atoms with E-state index in [-0.39, 0.29) is 16.2 Å². The Morgan fingerprint density at radius 2 is 2.05 bits per heavy atom. The van der Waals surface area contributed by atoms with Gasteiger partial charge in [-0.3, -0.25) is 4.99 Å². The third-order valence-electron chi connectivity index (χ3n) is 4.90. The van der Waals surface area contributed by atoms with E-state index in [0.29, 0.717) is 5.25 Å². The lowest BCUT2D eigenvalue weighted by Crippen LogP contribution is -2.37. The molecule has 1 heterocycles. The first kappa shape index (κ1) is 14.8. The fourth-order valence-corrected chi connectivity index (χ4v) is 5.15. The molecule has 3 heteroatoms. The number of aldehydes is 1. The second-order valence-electron chi connectivity index (χ2n) is 6.23. The summed E-state index contributed by atoms with van der Waals surface area (Å²) in [5, 5.41) is 0.401. The molecule has 0 aromatic heterocycles. The van der Waals surface area contributed by atoms with Gasteiger partial charge in [0.15, 0.2) is 0 Å². The van der Waals surface area contributed by atoms with Gasteiger partial charge in [0.2, 0.25) is 0 Å². The molecular formula is C16H25NOS. The molecule has 106 valence electrons. The van der Waals surface area contributed by atoms with Crippen molar-refractivity contribution in [2.45, 2.75) is 63.0 Å². The quantitative estimate of drug-likeness (QED) is 0.568. The van der Waals surface area contributed by atoms with Gasteiger partial charge in [-0.25, -0.2) is 0 Å². The lowest BCUT2D eigenvalue weighted by Gasteiger charge is -2.40. The summed E-state index contributed by atoms with van der Waals surface area (Å²) in [4.78, 5) is 15.7. The molecule has 1 fully saturated rings. The van der Waals surface area contributed by atoms with Gasteiger partial charge in [-0.15, -0.1) is 18.3 Å². The van der Waals surface area contributed by atoms with E-state index < -0.39 is 0 Å². The number of hydrogen-bond acceptors (Lipinski definition) is 3. The number of hydrogen-bond donors (Lipinski definition) is 0. The Morgan fingerprint density at radius 1 is 1.42 bits per heavy atom. The molecule has 2 rings (SSSR count). The number of aliphatic imine (C=N–C) groups is 1. The van der Waals surface area contributed by atoms with Crippen molar-refractivity contribution < 1.29 is 4.79 Å². The van der Waals surface area contributed by atoms with Crippen molar-refractivity contribution >= 4 is 23.8 Å². The molecule has 0 aromatic rings. The number of rotatable bonds is 4. The van der Waals surface area contributed by atoms with Crippen LogP contribution in [0.1, 0.15) is 52.9 Å². The Balaban J connectivity index is 2.25. The lowest BCUT2D eigenvalue weighted by molar-refractivity contribution is -0.111. The highest BCUT2D eigenvalue weighted by Gasteiger charge is 2.48. The molecule has 1 aliphatic heterocycles. The van der Waals surface area contributed by atoms with Gasteiger partial charge in [0, 0.05) is 17.0 Å². The highest BCUT2D eigenvalue weighted by atomic mass is 32.2. The molecule has 0 aromatic carbocycles. The second-order valence-corrected chi connectivity index (χ2v) is 7.76. The van der Waals surface area contributed by atoms with E-state index in [0.717, 1.165) is 6.29 Å². The van der Waals surface area contributed by atoms with Gasteiger partial charge in [-0.1, -0.05) is 32.3 Å². The van der Waals surface area contributed by atoms with Gasteiger partial charge >= 0.3 is 0 Å². The zero-order chi connectivity index (χ0) is 14.1. The van der Waals surface area contributed by atoms with Crippen molar-refractivity contribution in [1.29, 1.82) is 0 Å². The van der Waals surface area contributed by atoms with E-state index in [2.05, 4.69) is 26.5 Å². The van der Waals surface area contributed by atoms with Crippen molar-refractivity contribution in [2.75, 3.05) is 0 Å². The summed E-state index contributed by atoms with van der Waals surface area (Å²) in [5.41, 5.74) is 1.39. The fraction of sp³-hybridized carbons (Fsp3) is 0.750. The molecule has 0 N–H and O–H groups in total. The Labute approximate surface area is 121 Å². The predicted octanol–water partition coefficient (Wildman–Crippen LogP) is 4.25. The standard InChI is InChI=1S/C16H25NOS/c1-5-16(9-7-6-8-10-16)14-13(3)17-15(4,19-14)12(2)11-18/h5,11-12,14H,1,6-10H2,2-4H3. The van der Waals surface area contributed by atoms with E-state index in [9.17, 15) is 4.79 Å². The lowest BCUT2D eigenvalue weighted by atomic mass is 9.70. The molecule has 3 atom stereocenters. The molecule has 0 radical (unpaired) electrons. The molecule has 19 heavy (non-hydrogen) atoms. The normalized spacial score (nSPS) is 35.5. The molecule has 2 aliphatic rings. The van der Waals surface area contributed by atoms with E-state index in [1.165, 1.54) is 37.8 Å². The molecule has 1 saturated carbocycles. The molecule has 0 bridgehead atoms. The first-order chi connectivity index (χ1) is 8.97. The molecule has 2 nitrogen and oxygen atoms in total. The highest BCUT2D eigenvalue weighted by Crippen LogP contribution is 2.53. The zero-order valence-electron chi connectivity index (χ0n) is 12.3. The number of nitrogens with zero attached hydrogens (tertiary/aromatic N) is 1. The van der Waals surface area contributed by atoms with Gasteiger partial charge in [-0.2, -0.15) is 0 Å². The van der Waals surface area contributed by atoms with Crippen LogP contribution in [-0.4, -0.2) is 22.1 Å². The van der Waals surface area contributed by atoms with Crippen molar-refractivity contribution in [3.05, 3.63) is 12.7 Å². The average Bonchev–Trinajstić information content (AvgIpc) is 2.75. The minimum Gasteiger partial charge on any atom is -0.303 e. The van der Waals surface area contributed by atoms with Crippen LogP contribution < -0.4 is 0 Å². The van der Waals surface area contributed by atoms with Crippen LogP contribution in [0.5, 0.6) is 0 Å². The van der Waals surface area contributed by atoms with Crippen molar-refractivity contribution in [1.82, 2.24) is 0 Å². The van der Waals surface area contributed by atoms with Gasteiger partial charge < -0.3 is 4.79 Å². The van der Waals surface area contributed by atoms with Crippen molar-refractivity contribution in [3.63, 3.8) is 0 Å². The van der Waals surface area contributed by atoms with E-state index in [1.54, 1.807) is 0 Å². The van der Waals surface area contributed by atoms with Crippen LogP contribution >= 0.6 is 11.8 Å². The summed E-state index contributed by atoms with van der Waals surface area (Å²) in [6.07, 6.45) is 9.55. The summed E-state index contributed by atoms with van der Waals surface area (Å²) >= 11 is 1.88. The Kier molecular flexibility index (Phi) is 4.24. The van der Waals surface area contributed by atoms with Gasteiger partial charge in [-0.05, 0) is 26.7 Å². The predicted molar refractivity (Wildman–Crippen MR) is 83.8 cm³/mol.